The van der Waals surface area contributed by atoms with Crippen LogP contribution in [0.5, 0.6) is 0 Å². The van der Waals surface area contributed by atoms with Crippen LogP contribution in [0.1, 0.15) is 13.3 Å². The Hall–Kier alpha value is -0.610. The van der Waals surface area contributed by atoms with Gasteiger partial charge in [0.05, 0.1) is 6.42 Å². The van der Waals surface area contributed by atoms with E-state index >= 15 is 0 Å². The Morgan fingerprint density at radius 2 is 2.42 bits per heavy atom. The lowest BCUT2D eigenvalue weighted by Gasteiger charge is -2.35. The second-order valence-electron chi connectivity index (χ2n) is 3.50. The van der Waals surface area contributed by atoms with Crippen molar-refractivity contribution in [1.82, 2.24) is 10.2 Å². The van der Waals surface area contributed by atoms with E-state index in [4.69, 9.17) is 5.11 Å². The second-order valence-corrected chi connectivity index (χ2v) is 3.50. The standard InChI is InChI=1S/C8H16N2O2/c1-6-5-10(2)7(4-9-6)3-8(11)12/h6-7,9H,3-5H2,1-2H3,(H,11,12)/t6-,7-/m1/s1. The number of aliphatic carboxylic acids is 1. The minimum Gasteiger partial charge on any atom is -0.481 e. The lowest BCUT2D eigenvalue weighted by molar-refractivity contribution is -0.138. The first kappa shape index (κ1) is 9.48. The van der Waals surface area contributed by atoms with Gasteiger partial charge in [0.2, 0.25) is 0 Å². The smallest absolute Gasteiger partial charge is 0.304 e. The molecule has 1 aliphatic rings. The molecule has 70 valence electrons. The van der Waals surface area contributed by atoms with E-state index < -0.39 is 5.97 Å². The molecule has 2 atom stereocenters. The van der Waals surface area contributed by atoms with Gasteiger partial charge in [-0.1, -0.05) is 0 Å². The molecule has 2 N–H and O–H groups in total. The number of carbonyl (C=O) groups is 1. The number of carboxylic acid groups (broad SMARTS) is 1. The Kier molecular flexibility index (Phi) is 3.05. The van der Waals surface area contributed by atoms with Crippen LogP contribution in [0, 0.1) is 0 Å². The van der Waals surface area contributed by atoms with Gasteiger partial charge in [-0.25, -0.2) is 0 Å². The van der Waals surface area contributed by atoms with Crippen LogP contribution in [0.4, 0.5) is 0 Å². The highest BCUT2D eigenvalue weighted by Crippen LogP contribution is 2.07. The third-order valence-corrected chi connectivity index (χ3v) is 2.30. The molecule has 0 unspecified atom stereocenters. The van der Waals surface area contributed by atoms with Gasteiger partial charge in [-0.3, -0.25) is 4.79 Å². The first-order chi connectivity index (χ1) is 5.59. The summed E-state index contributed by atoms with van der Waals surface area (Å²) in [6.07, 6.45) is 0.232. The van der Waals surface area contributed by atoms with Crippen LogP contribution in [0.15, 0.2) is 0 Å². The molecule has 4 nitrogen and oxygen atoms in total. The summed E-state index contributed by atoms with van der Waals surface area (Å²) in [5.74, 6) is -0.719. The van der Waals surface area contributed by atoms with Crippen molar-refractivity contribution in [2.24, 2.45) is 0 Å². The van der Waals surface area contributed by atoms with Crippen molar-refractivity contribution < 1.29 is 9.90 Å². The zero-order valence-corrected chi connectivity index (χ0v) is 7.58. The first-order valence-corrected chi connectivity index (χ1v) is 4.25. The van der Waals surface area contributed by atoms with Crippen LogP contribution >= 0.6 is 0 Å². The van der Waals surface area contributed by atoms with Crippen LogP contribution in [0.25, 0.3) is 0 Å². The Morgan fingerprint density at radius 3 is 2.92 bits per heavy atom. The highest BCUT2D eigenvalue weighted by molar-refractivity contribution is 5.67. The Labute approximate surface area is 72.6 Å². The van der Waals surface area contributed by atoms with E-state index in [1.807, 2.05) is 7.05 Å². The predicted octanol–water partition coefficient (Wildman–Crippen LogP) is -0.247. The van der Waals surface area contributed by atoms with Crippen LogP contribution in [0.2, 0.25) is 0 Å². The van der Waals surface area contributed by atoms with Crippen LogP contribution in [-0.4, -0.2) is 48.2 Å². The van der Waals surface area contributed by atoms with Gasteiger partial charge in [0.15, 0.2) is 0 Å². The Morgan fingerprint density at radius 1 is 1.75 bits per heavy atom. The predicted molar refractivity (Wildman–Crippen MR) is 46.1 cm³/mol. The maximum Gasteiger partial charge on any atom is 0.304 e. The average Bonchev–Trinajstić information content (AvgIpc) is 1.94. The monoisotopic (exact) mass is 172 g/mol. The van der Waals surface area contributed by atoms with Crippen molar-refractivity contribution in [1.29, 1.82) is 0 Å². The molecule has 0 saturated carbocycles. The van der Waals surface area contributed by atoms with Gasteiger partial charge in [-0.15, -0.1) is 0 Å². The number of rotatable bonds is 2. The summed E-state index contributed by atoms with van der Waals surface area (Å²) in [5.41, 5.74) is 0. The lowest BCUT2D eigenvalue weighted by atomic mass is 10.1. The fourth-order valence-corrected chi connectivity index (χ4v) is 1.57. The molecule has 0 bridgehead atoms. The molecule has 4 heteroatoms. The molecule has 1 saturated heterocycles. The van der Waals surface area contributed by atoms with E-state index in [1.165, 1.54) is 0 Å². The van der Waals surface area contributed by atoms with Crippen molar-refractivity contribution in [2.75, 3.05) is 20.1 Å². The number of nitrogens with zero attached hydrogens (tertiary/aromatic N) is 1. The molecule has 0 aromatic rings. The third kappa shape index (κ3) is 2.46. The molecule has 0 aromatic carbocycles. The minimum atomic E-state index is -0.719. The maximum absolute atomic E-state index is 10.4. The average molecular weight is 172 g/mol. The fraction of sp³-hybridized carbons (Fsp3) is 0.875. The maximum atomic E-state index is 10.4. The van der Waals surface area contributed by atoms with Gasteiger partial charge >= 0.3 is 5.97 Å². The van der Waals surface area contributed by atoms with E-state index in [0.29, 0.717) is 6.04 Å². The summed E-state index contributed by atoms with van der Waals surface area (Å²) < 4.78 is 0. The van der Waals surface area contributed by atoms with Crippen LogP contribution in [0.3, 0.4) is 0 Å². The minimum absolute atomic E-state index is 0.152. The Bertz CT molecular complexity index is 172. The fourth-order valence-electron chi connectivity index (χ4n) is 1.57. The molecule has 0 radical (unpaired) electrons. The van der Waals surface area contributed by atoms with Gasteiger partial charge in [-0.2, -0.15) is 0 Å². The third-order valence-electron chi connectivity index (χ3n) is 2.30. The molecule has 1 fully saturated rings. The molecule has 0 spiro atoms. The normalized spacial score (nSPS) is 31.8. The van der Waals surface area contributed by atoms with Gasteiger partial charge in [0.1, 0.15) is 0 Å². The van der Waals surface area contributed by atoms with Crippen LogP contribution in [-0.2, 0) is 4.79 Å². The number of nitrogens with one attached hydrogen (secondary N) is 1. The molecule has 12 heavy (non-hydrogen) atoms. The SMILES string of the molecule is C[C@@H]1CN(C)[C@H](CC(=O)O)CN1. The second kappa shape index (κ2) is 3.87. The number of likely N-dealkylation sites (N-methyl/N-ethyl adjacent to an activating group) is 1. The molecular formula is C8H16N2O2. The molecule has 0 aliphatic carbocycles. The number of piperazine rings is 1. The molecular weight excluding hydrogens is 156 g/mol. The van der Waals surface area contributed by atoms with E-state index in [1.54, 1.807) is 0 Å². The zero-order chi connectivity index (χ0) is 9.14. The van der Waals surface area contributed by atoms with E-state index in [0.717, 1.165) is 13.1 Å². The summed E-state index contributed by atoms with van der Waals surface area (Å²) in [6.45, 7) is 3.81. The van der Waals surface area contributed by atoms with Crippen molar-refractivity contribution in [3.05, 3.63) is 0 Å². The molecule has 1 aliphatic heterocycles. The molecule has 0 aromatic heterocycles. The van der Waals surface area contributed by atoms with Crippen molar-refractivity contribution >= 4 is 5.97 Å². The van der Waals surface area contributed by atoms with Gasteiger partial charge in [-0.05, 0) is 14.0 Å². The summed E-state index contributed by atoms with van der Waals surface area (Å²) in [7, 11) is 1.98. The molecule has 1 heterocycles. The first-order valence-electron chi connectivity index (χ1n) is 4.25. The lowest BCUT2D eigenvalue weighted by Crippen LogP contribution is -2.54. The molecule has 0 amide bonds. The largest absolute Gasteiger partial charge is 0.481 e. The number of hydrogen-bond donors (Lipinski definition) is 2. The summed E-state index contributed by atoms with van der Waals surface area (Å²) in [6, 6.07) is 0.624. The van der Waals surface area contributed by atoms with Crippen molar-refractivity contribution in [3.63, 3.8) is 0 Å². The summed E-state index contributed by atoms with van der Waals surface area (Å²) >= 11 is 0. The summed E-state index contributed by atoms with van der Waals surface area (Å²) in [5, 5.41) is 11.9. The van der Waals surface area contributed by atoms with Gasteiger partial charge < -0.3 is 15.3 Å². The number of hydrogen-bond acceptors (Lipinski definition) is 3. The quantitative estimate of drug-likeness (QED) is 0.603. The highest BCUT2D eigenvalue weighted by Gasteiger charge is 2.24. The van der Waals surface area contributed by atoms with Gasteiger partial charge in [0.25, 0.3) is 0 Å². The van der Waals surface area contributed by atoms with E-state index in [9.17, 15) is 4.79 Å². The van der Waals surface area contributed by atoms with Crippen LogP contribution < -0.4 is 5.32 Å². The van der Waals surface area contributed by atoms with Crippen molar-refractivity contribution in [2.45, 2.75) is 25.4 Å². The van der Waals surface area contributed by atoms with Gasteiger partial charge in [0, 0.05) is 25.2 Å². The molecule has 1 rings (SSSR count). The van der Waals surface area contributed by atoms with Crippen molar-refractivity contribution in [3.8, 4) is 0 Å². The topological polar surface area (TPSA) is 52.6 Å². The highest BCUT2D eigenvalue weighted by atomic mass is 16.4. The summed E-state index contributed by atoms with van der Waals surface area (Å²) in [4.78, 5) is 12.5. The number of carboxylic acids is 1. The van der Waals surface area contributed by atoms with E-state index in [-0.39, 0.29) is 12.5 Å². The zero-order valence-electron chi connectivity index (χ0n) is 7.58. The van der Waals surface area contributed by atoms with E-state index in [2.05, 4.69) is 17.1 Å². The Balaban J connectivity index is 2.39.